The molecule has 3 aliphatic rings. The van der Waals surface area contributed by atoms with Gasteiger partial charge in [0.05, 0.1) is 5.69 Å². The molecule has 57 heavy (non-hydrogen) atoms. The van der Waals surface area contributed by atoms with Gasteiger partial charge in [-0.1, -0.05) is 103 Å². The molecule has 6 aromatic carbocycles. The molecule has 0 radical (unpaired) electrons. The van der Waals surface area contributed by atoms with Gasteiger partial charge in [0.1, 0.15) is 11.2 Å². The van der Waals surface area contributed by atoms with Gasteiger partial charge in [0.25, 0.3) is 0 Å². The predicted octanol–water partition coefficient (Wildman–Crippen LogP) is 13.8. The van der Waals surface area contributed by atoms with Crippen molar-refractivity contribution in [1.29, 1.82) is 0 Å². The average Bonchev–Trinajstić information content (AvgIpc) is 3.75. The molecule has 0 saturated carbocycles. The monoisotopic (exact) mass is 760 g/mol. The van der Waals surface area contributed by atoms with Crippen LogP contribution in [-0.2, 0) is 16.2 Å². The zero-order valence-electron chi connectivity index (χ0n) is 34.6. The van der Waals surface area contributed by atoms with Crippen LogP contribution >= 0.6 is 11.3 Å². The molecule has 11 rings (SSSR count). The van der Waals surface area contributed by atoms with Crippen molar-refractivity contribution in [2.75, 3.05) is 9.71 Å². The molecule has 0 bridgehead atoms. The first-order chi connectivity index (χ1) is 27.2. The lowest BCUT2D eigenvalue weighted by Crippen LogP contribution is -2.61. The highest BCUT2D eigenvalue weighted by atomic mass is 32.1. The largest absolute Gasteiger partial charge is 0.466 e. The van der Waals surface area contributed by atoms with E-state index in [1.54, 1.807) is 0 Å². The number of benzene rings is 6. The van der Waals surface area contributed by atoms with Crippen molar-refractivity contribution < 1.29 is 4.42 Å². The van der Waals surface area contributed by atoms with Crippen molar-refractivity contribution in [1.82, 2.24) is 0 Å². The van der Waals surface area contributed by atoms with Gasteiger partial charge in [-0.3, -0.25) is 0 Å². The minimum atomic E-state index is -0.183. The zero-order chi connectivity index (χ0) is 39.3. The Morgan fingerprint density at radius 3 is 2.11 bits per heavy atom. The van der Waals surface area contributed by atoms with E-state index in [0.717, 1.165) is 22.3 Å². The highest BCUT2D eigenvalue weighted by Crippen LogP contribution is 2.55. The molecule has 8 aromatic rings. The normalized spacial score (nSPS) is 16.5. The van der Waals surface area contributed by atoms with E-state index in [2.05, 4.69) is 181 Å². The molecule has 282 valence electrons. The summed E-state index contributed by atoms with van der Waals surface area (Å²) in [5.41, 5.74) is 18.9. The smallest absolute Gasteiger partial charge is 0.375 e. The van der Waals surface area contributed by atoms with Crippen molar-refractivity contribution in [3.8, 4) is 11.1 Å². The maximum Gasteiger partial charge on any atom is 0.375 e. The molecule has 0 amide bonds. The molecule has 0 N–H and O–H groups in total. The molecular weight excluding hydrogens is 711 g/mol. The van der Waals surface area contributed by atoms with Crippen LogP contribution in [0.2, 0.25) is 0 Å². The van der Waals surface area contributed by atoms with Crippen LogP contribution < -0.4 is 20.8 Å². The van der Waals surface area contributed by atoms with Crippen molar-refractivity contribution >= 4 is 88.9 Å². The first-order valence-electron chi connectivity index (χ1n) is 20.7. The van der Waals surface area contributed by atoms with E-state index in [1.807, 2.05) is 11.3 Å². The van der Waals surface area contributed by atoms with Gasteiger partial charge < -0.3 is 14.1 Å². The van der Waals surface area contributed by atoms with Crippen LogP contribution in [0.1, 0.15) is 89.1 Å². The standard InChI is InChI=1S/C52H49BN2OS/c1-30-26-36-45-39(22-23-44-46(45)35-15-11-13-17-43(35)57-44)55(33-20-18-32(19-21-33)50(3,4)5)53-47(36)41(27-30)54(48-34-14-10-12-16-42(34)56-49(48)53)40-29-38-37(28-31(40)2)51(6,7)24-25-52(38,8)9/h10-23,26-29H,24-25H2,1-9H3. The Labute approximate surface area is 341 Å². The number of para-hydroxylation sites is 1. The first kappa shape index (κ1) is 35.0. The Morgan fingerprint density at radius 1 is 0.684 bits per heavy atom. The fourth-order valence-electron chi connectivity index (χ4n) is 10.5. The third-order valence-electron chi connectivity index (χ3n) is 13.6. The summed E-state index contributed by atoms with van der Waals surface area (Å²) >= 11 is 1.90. The quantitative estimate of drug-likeness (QED) is 0.164. The van der Waals surface area contributed by atoms with Gasteiger partial charge in [0, 0.05) is 53.9 Å². The summed E-state index contributed by atoms with van der Waals surface area (Å²) in [5, 5.41) is 3.80. The Morgan fingerprint density at radius 2 is 1.37 bits per heavy atom. The Bertz CT molecular complexity index is 2990. The summed E-state index contributed by atoms with van der Waals surface area (Å²) in [5.74, 6) is 0. The summed E-state index contributed by atoms with van der Waals surface area (Å²) in [6.45, 7) is 21.0. The van der Waals surface area contributed by atoms with Gasteiger partial charge in [0.15, 0.2) is 0 Å². The molecule has 2 aliphatic heterocycles. The summed E-state index contributed by atoms with van der Waals surface area (Å²) in [4.78, 5) is 5.19. The molecular formula is C52H49BN2OS. The van der Waals surface area contributed by atoms with Crippen molar-refractivity contribution in [2.45, 2.75) is 91.4 Å². The fraction of sp³-hybridized carbons (Fsp3) is 0.269. The molecule has 4 heterocycles. The van der Waals surface area contributed by atoms with E-state index >= 15 is 0 Å². The number of hydrogen-bond acceptors (Lipinski definition) is 4. The van der Waals surface area contributed by atoms with Crippen molar-refractivity contribution in [3.63, 3.8) is 0 Å². The van der Waals surface area contributed by atoms with Crippen LogP contribution in [0.5, 0.6) is 0 Å². The molecule has 2 aromatic heterocycles. The molecule has 3 nitrogen and oxygen atoms in total. The Kier molecular flexibility index (Phi) is 7.15. The third kappa shape index (κ3) is 4.91. The summed E-state index contributed by atoms with van der Waals surface area (Å²) in [6, 6.07) is 41.7. The summed E-state index contributed by atoms with van der Waals surface area (Å²) in [7, 11) is 0. The molecule has 0 saturated heterocycles. The number of furan rings is 1. The van der Waals surface area contributed by atoms with E-state index < -0.39 is 0 Å². The fourth-order valence-corrected chi connectivity index (χ4v) is 11.6. The first-order valence-corrected chi connectivity index (χ1v) is 21.5. The number of hydrogen-bond donors (Lipinski definition) is 0. The maximum absolute atomic E-state index is 7.25. The lowest BCUT2D eigenvalue weighted by atomic mass is 9.45. The van der Waals surface area contributed by atoms with E-state index in [9.17, 15) is 0 Å². The van der Waals surface area contributed by atoms with Crippen molar-refractivity contribution in [3.05, 3.63) is 137 Å². The number of aryl methyl sites for hydroxylation is 2. The second-order valence-corrected chi connectivity index (χ2v) is 20.4. The molecule has 0 unspecified atom stereocenters. The minimum absolute atomic E-state index is 0.0468. The molecule has 0 atom stereocenters. The van der Waals surface area contributed by atoms with Gasteiger partial charge in [-0.15, -0.1) is 11.3 Å². The van der Waals surface area contributed by atoms with Crippen LogP contribution in [0.25, 0.3) is 42.3 Å². The van der Waals surface area contributed by atoms with Gasteiger partial charge in [-0.25, -0.2) is 0 Å². The van der Waals surface area contributed by atoms with Gasteiger partial charge in [-0.05, 0) is 136 Å². The highest BCUT2D eigenvalue weighted by Gasteiger charge is 2.49. The van der Waals surface area contributed by atoms with Crippen molar-refractivity contribution in [2.24, 2.45) is 0 Å². The molecule has 0 spiro atoms. The van der Waals surface area contributed by atoms with Crippen LogP contribution in [0.4, 0.5) is 28.4 Å². The van der Waals surface area contributed by atoms with Crippen LogP contribution in [0, 0.1) is 13.8 Å². The van der Waals surface area contributed by atoms with E-state index in [4.69, 9.17) is 4.42 Å². The summed E-state index contributed by atoms with van der Waals surface area (Å²) < 4.78 is 9.89. The lowest BCUT2D eigenvalue weighted by Gasteiger charge is -2.46. The summed E-state index contributed by atoms with van der Waals surface area (Å²) in [6.07, 6.45) is 2.36. The van der Waals surface area contributed by atoms with Gasteiger partial charge in [0.2, 0.25) is 0 Å². The van der Waals surface area contributed by atoms with Crippen LogP contribution in [0.3, 0.4) is 0 Å². The highest BCUT2D eigenvalue weighted by molar-refractivity contribution is 7.26. The Balaban J connectivity index is 1.28. The lowest BCUT2D eigenvalue weighted by molar-refractivity contribution is 0.332. The zero-order valence-corrected chi connectivity index (χ0v) is 35.4. The second-order valence-electron chi connectivity index (χ2n) is 19.3. The number of rotatable bonds is 2. The predicted molar refractivity (Wildman–Crippen MR) is 246 cm³/mol. The number of nitrogens with zero attached hydrogens (tertiary/aromatic N) is 2. The third-order valence-corrected chi connectivity index (χ3v) is 14.8. The van der Waals surface area contributed by atoms with Gasteiger partial charge in [-0.2, -0.15) is 0 Å². The van der Waals surface area contributed by atoms with E-state index in [0.29, 0.717) is 0 Å². The average molecular weight is 761 g/mol. The SMILES string of the molecule is Cc1cc2c3c(c1)N(c1cc4c(cc1C)C(C)(C)CCC4(C)C)c1c(oc4ccccc14)B3N(c1ccc(C(C)(C)C)cc1)c1ccc3sc4ccccc4c3c1-2. The van der Waals surface area contributed by atoms with Gasteiger partial charge >= 0.3 is 6.85 Å². The number of anilines is 5. The van der Waals surface area contributed by atoms with E-state index in [1.165, 1.54) is 100 Å². The molecule has 1 aliphatic carbocycles. The topological polar surface area (TPSA) is 19.6 Å². The van der Waals surface area contributed by atoms with E-state index in [-0.39, 0.29) is 23.1 Å². The molecule has 5 heteroatoms. The van der Waals surface area contributed by atoms with Crippen LogP contribution in [-0.4, -0.2) is 6.85 Å². The second kappa shape index (κ2) is 11.7. The minimum Gasteiger partial charge on any atom is -0.466 e. The number of fused-ring (bicyclic) bond motifs is 11. The number of thiophene rings is 1. The molecule has 0 fully saturated rings. The van der Waals surface area contributed by atoms with Crippen LogP contribution in [0.15, 0.2) is 114 Å². The Hall–Kier alpha value is -5.26. The maximum atomic E-state index is 7.25.